The van der Waals surface area contributed by atoms with Crippen molar-refractivity contribution < 1.29 is 23.1 Å². The average molecular weight is 575 g/mol. The van der Waals surface area contributed by atoms with E-state index in [4.69, 9.17) is 14.5 Å². The Hall–Kier alpha value is -4.30. The Morgan fingerprint density at radius 1 is 1.24 bits per heavy atom. The highest BCUT2D eigenvalue weighted by atomic mass is 19.2. The van der Waals surface area contributed by atoms with E-state index in [1.165, 1.54) is 12.1 Å². The molecule has 1 amide bonds. The minimum absolute atomic E-state index is 0.0161. The summed E-state index contributed by atoms with van der Waals surface area (Å²) in [4.78, 5) is 24.6. The minimum Gasteiger partial charge on any atom is -0.485 e. The second-order valence-corrected chi connectivity index (χ2v) is 11.7. The summed E-state index contributed by atoms with van der Waals surface area (Å²) in [5.74, 6) is -0.0874. The van der Waals surface area contributed by atoms with Crippen molar-refractivity contribution in [3.05, 3.63) is 65.7 Å². The molecule has 0 radical (unpaired) electrons. The Labute approximate surface area is 243 Å². The first-order chi connectivity index (χ1) is 20.2. The summed E-state index contributed by atoms with van der Waals surface area (Å²) >= 11 is 0. The highest BCUT2D eigenvalue weighted by Crippen LogP contribution is 2.56. The van der Waals surface area contributed by atoms with E-state index in [-0.39, 0.29) is 30.2 Å². The largest absolute Gasteiger partial charge is 0.485 e. The van der Waals surface area contributed by atoms with Gasteiger partial charge in [-0.05, 0) is 75.6 Å². The summed E-state index contributed by atoms with van der Waals surface area (Å²) < 4.78 is 39.5. The Morgan fingerprint density at radius 3 is 2.76 bits per heavy atom. The standard InChI is InChI=1S/C31H32F2N6O3/c1-3-41-29-23(5-4-11-35-29)24-7-9-26(27(37-24)28(40)36-22-10-12-39(33)15-22)42-30(2)16-31(17-30)18-38(19-31)25-8-6-21(32)13-20(25)14-34/h4-9,11,13,22H,3,10,12,15-19H2,1-2H3,(H,36,40). The van der Waals surface area contributed by atoms with Gasteiger partial charge in [-0.25, -0.2) is 14.4 Å². The number of aromatic nitrogens is 2. The fourth-order valence-corrected chi connectivity index (χ4v) is 6.67. The van der Waals surface area contributed by atoms with Crippen LogP contribution in [0.15, 0.2) is 48.7 Å². The van der Waals surface area contributed by atoms with Gasteiger partial charge in [0.25, 0.3) is 5.91 Å². The Kier molecular flexibility index (Phi) is 7.19. The minimum atomic E-state index is -0.529. The zero-order valence-corrected chi connectivity index (χ0v) is 23.6. The van der Waals surface area contributed by atoms with Crippen molar-refractivity contribution in [1.82, 2.24) is 20.4 Å². The molecule has 9 nitrogen and oxygen atoms in total. The summed E-state index contributed by atoms with van der Waals surface area (Å²) in [6, 6.07) is 13.2. The number of nitrogens with one attached hydrogen (secondary N) is 1. The van der Waals surface area contributed by atoms with E-state index >= 15 is 0 Å². The molecule has 4 heterocycles. The molecule has 0 bridgehead atoms. The van der Waals surface area contributed by atoms with Crippen molar-refractivity contribution in [2.24, 2.45) is 5.41 Å². The maximum Gasteiger partial charge on any atom is 0.274 e. The zero-order chi connectivity index (χ0) is 29.5. The van der Waals surface area contributed by atoms with E-state index in [1.807, 2.05) is 19.9 Å². The number of hydrogen-bond acceptors (Lipinski definition) is 8. The molecule has 6 rings (SSSR count). The topological polar surface area (TPSA) is 104 Å². The smallest absolute Gasteiger partial charge is 0.274 e. The van der Waals surface area contributed by atoms with Crippen LogP contribution in [0, 0.1) is 22.6 Å². The number of carbonyl (C=O) groups is 1. The molecule has 2 saturated heterocycles. The summed E-state index contributed by atoms with van der Waals surface area (Å²) in [6.07, 6.45) is 3.64. The second kappa shape index (κ2) is 10.8. The lowest BCUT2D eigenvalue weighted by molar-refractivity contribution is -0.109. The van der Waals surface area contributed by atoms with Crippen molar-refractivity contribution >= 4 is 11.6 Å². The molecule has 2 aliphatic heterocycles. The second-order valence-electron chi connectivity index (χ2n) is 11.7. The van der Waals surface area contributed by atoms with E-state index in [1.54, 1.807) is 30.5 Å². The van der Waals surface area contributed by atoms with Crippen molar-refractivity contribution in [3.8, 4) is 29.0 Å². The summed E-state index contributed by atoms with van der Waals surface area (Å²) in [5, 5.41) is 13.0. The number of nitrogens with zero attached hydrogens (tertiary/aromatic N) is 5. The third kappa shape index (κ3) is 5.34. The van der Waals surface area contributed by atoms with Crippen LogP contribution in [0.25, 0.3) is 11.3 Å². The molecule has 2 aromatic heterocycles. The Bertz CT molecular complexity index is 1550. The van der Waals surface area contributed by atoms with Gasteiger partial charge in [-0.3, -0.25) is 4.79 Å². The number of anilines is 1. The molecule has 3 fully saturated rings. The molecule has 11 heteroatoms. The van der Waals surface area contributed by atoms with Gasteiger partial charge in [0.1, 0.15) is 17.5 Å². The first kappa shape index (κ1) is 27.8. The maximum atomic E-state index is 13.7. The number of ether oxygens (including phenoxy) is 2. The van der Waals surface area contributed by atoms with Crippen molar-refractivity contribution in [1.29, 1.82) is 5.26 Å². The molecular weight excluding hydrogens is 542 g/mol. The molecule has 1 aliphatic carbocycles. The maximum absolute atomic E-state index is 13.7. The molecule has 3 aliphatic rings. The van der Waals surface area contributed by atoms with Crippen LogP contribution in [0.5, 0.6) is 11.6 Å². The van der Waals surface area contributed by atoms with Gasteiger partial charge < -0.3 is 19.7 Å². The van der Waals surface area contributed by atoms with Gasteiger partial charge in [0.05, 0.1) is 29.1 Å². The lowest BCUT2D eigenvalue weighted by Crippen LogP contribution is -2.69. The third-order valence-corrected chi connectivity index (χ3v) is 8.20. The quantitative estimate of drug-likeness (QED) is 0.387. The number of benzene rings is 1. The normalized spacial score (nSPS) is 20.4. The van der Waals surface area contributed by atoms with E-state index in [9.17, 15) is 18.9 Å². The van der Waals surface area contributed by atoms with Crippen molar-refractivity contribution in [2.75, 3.05) is 37.7 Å². The average Bonchev–Trinajstić information content (AvgIpc) is 3.35. The van der Waals surface area contributed by atoms with Gasteiger partial charge in [0, 0.05) is 43.8 Å². The number of halogens is 2. The van der Waals surface area contributed by atoms with Gasteiger partial charge in [-0.15, -0.1) is 9.60 Å². The molecule has 1 atom stereocenters. The fraction of sp³-hybridized carbons (Fsp3) is 0.419. The van der Waals surface area contributed by atoms with Crippen LogP contribution in [0.2, 0.25) is 0 Å². The van der Waals surface area contributed by atoms with Crippen LogP contribution in [0.3, 0.4) is 0 Å². The summed E-state index contributed by atoms with van der Waals surface area (Å²) in [6.45, 7) is 6.17. The van der Waals surface area contributed by atoms with E-state index in [0.717, 1.165) is 31.6 Å². The SMILES string of the molecule is CCOc1ncccc1-c1ccc(OC2(C)CC3(CN(c4ccc(F)cc4C#N)C3)C2)c(C(=O)NC2CCN(F)C2)n1. The number of amides is 1. The Morgan fingerprint density at radius 2 is 2.05 bits per heavy atom. The molecule has 1 aromatic carbocycles. The molecule has 1 unspecified atom stereocenters. The van der Waals surface area contributed by atoms with Gasteiger partial charge in [0.15, 0.2) is 11.4 Å². The van der Waals surface area contributed by atoms with Crippen LogP contribution in [-0.4, -0.2) is 65.4 Å². The molecule has 42 heavy (non-hydrogen) atoms. The number of hydrogen-bond donors (Lipinski definition) is 1. The van der Waals surface area contributed by atoms with Crippen LogP contribution < -0.4 is 19.7 Å². The van der Waals surface area contributed by atoms with E-state index in [2.05, 4.69) is 21.3 Å². The number of pyridine rings is 2. The fourth-order valence-electron chi connectivity index (χ4n) is 6.67. The first-order valence-corrected chi connectivity index (χ1v) is 14.1. The molecule has 1 N–H and O–H groups in total. The van der Waals surface area contributed by atoms with Gasteiger partial charge >= 0.3 is 0 Å². The van der Waals surface area contributed by atoms with Crippen LogP contribution in [0.4, 0.5) is 14.6 Å². The molecule has 1 saturated carbocycles. The lowest BCUT2D eigenvalue weighted by atomic mass is 9.55. The highest BCUT2D eigenvalue weighted by Gasteiger charge is 2.60. The van der Waals surface area contributed by atoms with Gasteiger partial charge in [0.2, 0.25) is 5.88 Å². The first-order valence-electron chi connectivity index (χ1n) is 14.1. The van der Waals surface area contributed by atoms with Crippen LogP contribution in [0.1, 0.15) is 49.2 Å². The monoisotopic (exact) mass is 574 g/mol. The molecule has 1 spiro atoms. The van der Waals surface area contributed by atoms with E-state index < -0.39 is 17.3 Å². The number of carbonyl (C=O) groups excluding carboxylic acids is 1. The van der Waals surface area contributed by atoms with Gasteiger partial charge in [-0.2, -0.15) is 5.26 Å². The summed E-state index contributed by atoms with van der Waals surface area (Å²) in [5.41, 5.74) is 1.83. The molecular formula is C31H32F2N6O3. The van der Waals surface area contributed by atoms with Crippen molar-refractivity contribution in [3.63, 3.8) is 0 Å². The van der Waals surface area contributed by atoms with Gasteiger partial charge in [-0.1, -0.05) is 0 Å². The number of rotatable bonds is 8. The van der Waals surface area contributed by atoms with Crippen LogP contribution in [-0.2, 0) is 0 Å². The van der Waals surface area contributed by atoms with Crippen molar-refractivity contribution in [2.45, 2.75) is 44.8 Å². The molecule has 3 aromatic rings. The predicted molar refractivity (Wildman–Crippen MR) is 151 cm³/mol. The Balaban J connectivity index is 1.21. The lowest BCUT2D eigenvalue weighted by Gasteiger charge is -2.63. The molecule has 218 valence electrons. The number of nitriles is 1. The van der Waals surface area contributed by atoms with Crippen LogP contribution >= 0.6 is 0 Å². The third-order valence-electron chi connectivity index (χ3n) is 8.20. The van der Waals surface area contributed by atoms with E-state index in [0.29, 0.717) is 46.6 Å². The predicted octanol–water partition coefficient (Wildman–Crippen LogP) is 4.68. The zero-order valence-electron chi connectivity index (χ0n) is 23.6. The summed E-state index contributed by atoms with van der Waals surface area (Å²) in [7, 11) is 0. The highest BCUT2D eigenvalue weighted by molar-refractivity contribution is 5.96.